The summed E-state index contributed by atoms with van der Waals surface area (Å²) in [7, 11) is 0. The number of nitrogens with two attached hydrogens (primary N) is 1. The quantitative estimate of drug-likeness (QED) is 0.674. The van der Waals surface area contributed by atoms with Crippen molar-refractivity contribution in [2.45, 2.75) is 19.4 Å². The van der Waals surface area contributed by atoms with E-state index in [2.05, 4.69) is 0 Å². The second-order valence-corrected chi connectivity index (χ2v) is 3.46. The summed E-state index contributed by atoms with van der Waals surface area (Å²) in [4.78, 5) is 10.3. The van der Waals surface area contributed by atoms with Gasteiger partial charge in [-0.05, 0) is 19.4 Å². The van der Waals surface area contributed by atoms with Gasteiger partial charge in [-0.25, -0.2) is 0 Å². The molecule has 0 bridgehead atoms. The molecule has 0 radical (unpaired) electrons. The Kier molecular flexibility index (Phi) is 2.29. The van der Waals surface area contributed by atoms with Crippen molar-refractivity contribution in [3.63, 3.8) is 0 Å². The van der Waals surface area contributed by atoms with Crippen LogP contribution in [-0.2, 0) is 5.54 Å². The highest BCUT2D eigenvalue weighted by Gasteiger charge is 2.12. The van der Waals surface area contributed by atoms with E-state index in [1.807, 2.05) is 26.0 Å². The molecule has 0 unspecified atom stereocenters. The van der Waals surface area contributed by atoms with Crippen molar-refractivity contribution < 1.29 is 4.79 Å². The first kappa shape index (κ1) is 8.94. The average Bonchev–Trinajstić information content (AvgIpc) is 2.03. The molecule has 0 aliphatic carbocycles. The number of hydrogen-bond donors (Lipinski definition) is 1. The third kappa shape index (κ3) is 1.92. The van der Waals surface area contributed by atoms with Gasteiger partial charge >= 0.3 is 0 Å². The van der Waals surface area contributed by atoms with E-state index >= 15 is 0 Å². The predicted molar refractivity (Wildman–Crippen MR) is 49.0 cm³/mol. The van der Waals surface area contributed by atoms with E-state index in [1.54, 1.807) is 12.1 Å². The van der Waals surface area contributed by atoms with Crippen molar-refractivity contribution in [1.29, 1.82) is 0 Å². The van der Waals surface area contributed by atoms with Crippen LogP contribution in [0.3, 0.4) is 0 Å². The van der Waals surface area contributed by atoms with Crippen LogP contribution in [0.15, 0.2) is 24.3 Å². The monoisotopic (exact) mass is 163 g/mol. The minimum atomic E-state index is -0.332. The molecule has 0 spiro atoms. The van der Waals surface area contributed by atoms with E-state index in [-0.39, 0.29) is 5.54 Å². The molecule has 0 amide bonds. The van der Waals surface area contributed by atoms with E-state index in [4.69, 9.17) is 5.73 Å². The maximum Gasteiger partial charge on any atom is 0.150 e. The van der Waals surface area contributed by atoms with Gasteiger partial charge in [0.1, 0.15) is 6.29 Å². The molecule has 0 aliphatic heterocycles. The zero-order chi connectivity index (χ0) is 9.19. The van der Waals surface area contributed by atoms with Crippen LogP contribution in [0.4, 0.5) is 0 Å². The first-order valence-electron chi connectivity index (χ1n) is 3.88. The van der Waals surface area contributed by atoms with Gasteiger partial charge in [-0.3, -0.25) is 4.79 Å². The highest BCUT2D eigenvalue weighted by molar-refractivity contribution is 5.74. The summed E-state index contributed by atoms with van der Waals surface area (Å²) in [5.74, 6) is 0. The summed E-state index contributed by atoms with van der Waals surface area (Å²) in [6.07, 6.45) is 0.827. The largest absolute Gasteiger partial charge is 0.322 e. The zero-order valence-corrected chi connectivity index (χ0v) is 7.37. The molecule has 2 nitrogen and oxygen atoms in total. The second-order valence-electron chi connectivity index (χ2n) is 3.46. The third-order valence-electron chi connectivity index (χ3n) is 1.79. The number of carbonyl (C=O) groups is 1. The van der Waals surface area contributed by atoms with Gasteiger partial charge in [0.15, 0.2) is 0 Å². The van der Waals surface area contributed by atoms with Crippen LogP contribution in [0.5, 0.6) is 0 Å². The first-order valence-corrected chi connectivity index (χ1v) is 3.88. The van der Waals surface area contributed by atoms with E-state index in [0.717, 1.165) is 11.8 Å². The molecular formula is C10H13NO. The molecule has 2 N–H and O–H groups in total. The van der Waals surface area contributed by atoms with Crippen molar-refractivity contribution in [2.24, 2.45) is 5.73 Å². The van der Waals surface area contributed by atoms with Gasteiger partial charge in [-0.1, -0.05) is 24.3 Å². The SMILES string of the molecule is CC(C)(N)c1ccc(C=O)cc1. The Bertz CT molecular complexity index is 269. The number of hydrogen-bond acceptors (Lipinski definition) is 2. The summed E-state index contributed by atoms with van der Waals surface area (Å²) in [5, 5.41) is 0. The predicted octanol–water partition coefficient (Wildman–Crippen LogP) is 1.69. The van der Waals surface area contributed by atoms with Gasteiger partial charge in [0.05, 0.1) is 0 Å². The molecule has 1 aromatic rings. The van der Waals surface area contributed by atoms with Crippen LogP contribution in [0.1, 0.15) is 29.8 Å². The van der Waals surface area contributed by atoms with Gasteiger partial charge in [-0.15, -0.1) is 0 Å². The van der Waals surface area contributed by atoms with Crippen LogP contribution >= 0.6 is 0 Å². The average molecular weight is 163 g/mol. The zero-order valence-electron chi connectivity index (χ0n) is 7.37. The standard InChI is InChI=1S/C10H13NO/c1-10(2,11)9-5-3-8(7-12)4-6-9/h3-7H,11H2,1-2H3. The van der Waals surface area contributed by atoms with Gasteiger partial charge in [-0.2, -0.15) is 0 Å². The lowest BCUT2D eigenvalue weighted by molar-refractivity contribution is 0.112. The Morgan fingerprint density at radius 3 is 2.08 bits per heavy atom. The third-order valence-corrected chi connectivity index (χ3v) is 1.79. The molecule has 0 aromatic heterocycles. The molecule has 0 fully saturated rings. The van der Waals surface area contributed by atoms with Gasteiger partial charge in [0.2, 0.25) is 0 Å². The van der Waals surface area contributed by atoms with Crippen molar-refractivity contribution >= 4 is 6.29 Å². The first-order chi connectivity index (χ1) is 5.54. The number of rotatable bonds is 2. The van der Waals surface area contributed by atoms with Crippen LogP contribution in [0.25, 0.3) is 0 Å². The Labute approximate surface area is 72.4 Å². The summed E-state index contributed by atoms with van der Waals surface area (Å²) >= 11 is 0. The molecular weight excluding hydrogens is 150 g/mol. The van der Waals surface area contributed by atoms with Crippen LogP contribution in [0, 0.1) is 0 Å². The molecule has 0 saturated heterocycles. The number of benzene rings is 1. The topological polar surface area (TPSA) is 43.1 Å². The lowest BCUT2D eigenvalue weighted by atomic mass is 9.95. The fourth-order valence-electron chi connectivity index (χ4n) is 0.991. The molecule has 64 valence electrons. The lowest BCUT2D eigenvalue weighted by Gasteiger charge is -2.18. The maximum atomic E-state index is 10.3. The summed E-state index contributed by atoms with van der Waals surface area (Å²) in [6, 6.07) is 7.31. The van der Waals surface area contributed by atoms with Crippen LogP contribution in [0.2, 0.25) is 0 Å². The van der Waals surface area contributed by atoms with Gasteiger partial charge in [0.25, 0.3) is 0 Å². The maximum absolute atomic E-state index is 10.3. The Hall–Kier alpha value is -1.15. The molecule has 1 aromatic carbocycles. The normalized spacial score (nSPS) is 11.2. The van der Waals surface area contributed by atoms with Gasteiger partial charge < -0.3 is 5.73 Å². The summed E-state index contributed by atoms with van der Waals surface area (Å²) < 4.78 is 0. The minimum Gasteiger partial charge on any atom is -0.322 e. The van der Waals surface area contributed by atoms with Crippen LogP contribution in [-0.4, -0.2) is 6.29 Å². The summed E-state index contributed by atoms with van der Waals surface area (Å²) in [6.45, 7) is 3.87. The molecule has 0 saturated carbocycles. The Morgan fingerprint density at radius 2 is 1.75 bits per heavy atom. The second kappa shape index (κ2) is 3.07. The number of aldehydes is 1. The smallest absolute Gasteiger partial charge is 0.150 e. The minimum absolute atomic E-state index is 0.332. The molecule has 0 heterocycles. The van der Waals surface area contributed by atoms with E-state index in [9.17, 15) is 4.79 Å². The molecule has 1 rings (SSSR count). The summed E-state index contributed by atoms with van der Waals surface area (Å²) in [5.41, 5.74) is 7.25. The Balaban J connectivity index is 3.00. The van der Waals surface area contributed by atoms with Gasteiger partial charge in [0, 0.05) is 11.1 Å². The highest BCUT2D eigenvalue weighted by atomic mass is 16.1. The van der Waals surface area contributed by atoms with Crippen LogP contribution < -0.4 is 5.73 Å². The number of carbonyl (C=O) groups excluding carboxylic acids is 1. The Morgan fingerprint density at radius 1 is 1.25 bits per heavy atom. The fourth-order valence-corrected chi connectivity index (χ4v) is 0.991. The fraction of sp³-hybridized carbons (Fsp3) is 0.300. The van der Waals surface area contributed by atoms with Crippen molar-refractivity contribution in [2.75, 3.05) is 0 Å². The molecule has 12 heavy (non-hydrogen) atoms. The van der Waals surface area contributed by atoms with Crippen molar-refractivity contribution in [3.05, 3.63) is 35.4 Å². The van der Waals surface area contributed by atoms with Crippen molar-refractivity contribution in [3.8, 4) is 0 Å². The molecule has 0 atom stereocenters. The van der Waals surface area contributed by atoms with E-state index in [1.165, 1.54) is 0 Å². The highest BCUT2D eigenvalue weighted by Crippen LogP contribution is 2.16. The van der Waals surface area contributed by atoms with E-state index < -0.39 is 0 Å². The van der Waals surface area contributed by atoms with E-state index in [0.29, 0.717) is 5.56 Å². The molecule has 0 aliphatic rings. The lowest BCUT2D eigenvalue weighted by Crippen LogP contribution is -2.28. The van der Waals surface area contributed by atoms with Crippen molar-refractivity contribution in [1.82, 2.24) is 0 Å². The molecule has 2 heteroatoms.